The normalized spacial score (nSPS) is 14.7. The van der Waals surface area contributed by atoms with Crippen LogP contribution in [-0.2, 0) is 4.79 Å². The van der Waals surface area contributed by atoms with E-state index in [-0.39, 0.29) is 6.04 Å². The first-order chi connectivity index (χ1) is 12.6. The molecule has 1 fully saturated rings. The SMILES string of the molecule is C=C(F)C(=O)N1CC(n2nc(/C=C/c3ccccc3)c3cccnc32)C1. The zero-order valence-corrected chi connectivity index (χ0v) is 14.0. The number of carbonyl (C=O) groups is 1. The average molecular weight is 348 g/mol. The van der Waals surface area contributed by atoms with Crippen molar-refractivity contribution >= 4 is 29.1 Å². The lowest BCUT2D eigenvalue weighted by Crippen LogP contribution is -2.51. The predicted octanol–water partition coefficient (Wildman–Crippen LogP) is 3.47. The van der Waals surface area contributed by atoms with E-state index in [1.165, 1.54) is 4.90 Å². The zero-order chi connectivity index (χ0) is 18.1. The predicted molar refractivity (Wildman–Crippen MR) is 98.8 cm³/mol. The molecule has 4 rings (SSSR count). The molecule has 130 valence electrons. The van der Waals surface area contributed by atoms with Gasteiger partial charge in [-0.3, -0.25) is 4.79 Å². The van der Waals surface area contributed by atoms with Crippen LogP contribution in [0.4, 0.5) is 4.39 Å². The summed E-state index contributed by atoms with van der Waals surface area (Å²) < 4.78 is 14.8. The van der Waals surface area contributed by atoms with Crippen molar-refractivity contribution in [2.75, 3.05) is 13.1 Å². The third-order valence-electron chi connectivity index (χ3n) is 4.46. The van der Waals surface area contributed by atoms with Crippen LogP contribution >= 0.6 is 0 Å². The summed E-state index contributed by atoms with van der Waals surface area (Å²) in [4.78, 5) is 17.5. The van der Waals surface area contributed by atoms with E-state index in [4.69, 9.17) is 0 Å². The molecule has 0 radical (unpaired) electrons. The molecule has 1 amide bonds. The van der Waals surface area contributed by atoms with Gasteiger partial charge in [-0.05, 0) is 23.8 Å². The fraction of sp³-hybridized carbons (Fsp3) is 0.150. The molecule has 1 aromatic carbocycles. The highest BCUT2D eigenvalue weighted by molar-refractivity contribution is 5.91. The second-order valence-electron chi connectivity index (χ2n) is 6.22. The van der Waals surface area contributed by atoms with E-state index < -0.39 is 11.7 Å². The molecule has 26 heavy (non-hydrogen) atoms. The number of nitrogens with zero attached hydrogens (tertiary/aromatic N) is 4. The van der Waals surface area contributed by atoms with Crippen LogP contribution in [0.3, 0.4) is 0 Å². The number of amides is 1. The molecule has 3 aromatic rings. The minimum absolute atomic E-state index is 0.0189. The average Bonchev–Trinajstić information content (AvgIpc) is 2.98. The van der Waals surface area contributed by atoms with E-state index in [0.29, 0.717) is 13.1 Å². The molecule has 0 N–H and O–H groups in total. The van der Waals surface area contributed by atoms with E-state index in [1.54, 1.807) is 6.20 Å². The first-order valence-corrected chi connectivity index (χ1v) is 8.33. The molecule has 1 aliphatic heterocycles. The fourth-order valence-corrected chi connectivity index (χ4v) is 3.06. The van der Waals surface area contributed by atoms with Crippen LogP contribution in [0, 0.1) is 0 Å². The summed E-state index contributed by atoms with van der Waals surface area (Å²) in [5.74, 6) is -1.59. The van der Waals surface area contributed by atoms with Crippen molar-refractivity contribution in [3.05, 3.63) is 72.3 Å². The maximum absolute atomic E-state index is 13.0. The van der Waals surface area contributed by atoms with Gasteiger partial charge in [0, 0.05) is 24.7 Å². The number of halogens is 1. The molecule has 6 heteroatoms. The molecule has 0 bridgehead atoms. The minimum atomic E-state index is -0.932. The van der Waals surface area contributed by atoms with Crippen molar-refractivity contribution in [3.8, 4) is 0 Å². The monoisotopic (exact) mass is 348 g/mol. The van der Waals surface area contributed by atoms with Crippen molar-refractivity contribution in [2.24, 2.45) is 0 Å². The highest BCUT2D eigenvalue weighted by atomic mass is 19.1. The van der Waals surface area contributed by atoms with Gasteiger partial charge in [0.15, 0.2) is 11.5 Å². The van der Waals surface area contributed by atoms with Gasteiger partial charge in [-0.15, -0.1) is 0 Å². The van der Waals surface area contributed by atoms with E-state index in [2.05, 4.69) is 16.7 Å². The summed E-state index contributed by atoms with van der Waals surface area (Å²) in [7, 11) is 0. The van der Waals surface area contributed by atoms with E-state index in [0.717, 1.165) is 22.3 Å². The van der Waals surface area contributed by atoms with Crippen LogP contribution in [0.25, 0.3) is 23.2 Å². The van der Waals surface area contributed by atoms with Gasteiger partial charge in [-0.2, -0.15) is 5.10 Å². The molecule has 1 saturated heterocycles. The Bertz CT molecular complexity index is 1000. The van der Waals surface area contributed by atoms with Crippen molar-refractivity contribution in [2.45, 2.75) is 6.04 Å². The molecule has 3 heterocycles. The molecule has 0 atom stereocenters. The molecule has 1 aliphatic rings. The van der Waals surface area contributed by atoms with Crippen LogP contribution in [0.5, 0.6) is 0 Å². The molecule has 0 saturated carbocycles. The van der Waals surface area contributed by atoms with Gasteiger partial charge < -0.3 is 4.90 Å². The lowest BCUT2D eigenvalue weighted by atomic mass is 10.1. The van der Waals surface area contributed by atoms with Crippen LogP contribution in [-0.4, -0.2) is 38.7 Å². The van der Waals surface area contributed by atoms with Crippen LogP contribution in [0.15, 0.2) is 61.1 Å². The lowest BCUT2D eigenvalue weighted by molar-refractivity contribution is -0.134. The Kier molecular flexibility index (Phi) is 4.08. The van der Waals surface area contributed by atoms with Gasteiger partial charge in [0.05, 0.1) is 11.7 Å². The Hall–Kier alpha value is -3.28. The van der Waals surface area contributed by atoms with Gasteiger partial charge in [-0.25, -0.2) is 14.1 Å². The van der Waals surface area contributed by atoms with E-state index in [1.807, 2.05) is 59.3 Å². The Labute approximate surface area is 150 Å². The number of rotatable bonds is 4. The van der Waals surface area contributed by atoms with E-state index >= 15 is 0 Å². The van der Waals surface area contributed by atoms with Gasteiger partial charge in [0.1, 0.15) is 0 Å². The number of hydrogen-bond acceptors (Lipinski definition) is 3. The largest absolute Gasteiger partial charge is 0.332 e. The summed E-state index contributed by atoms with van der Waals surface area (Å²) >= 11 is 0. The smallest absolute Gasteiger partial charge is 0.282 e. The van der Waals surface area contributed by atoms with Crippen molar-refractivity contribution in [3.63, 3.8) is 0 Å². The van der Waals surface area contributed by atoms with Crippen molar-refractivity contribution in [1.82, 2.24) is 19.7 Å². The lowest BCUT2D eigenvalue weighted by Gasteiger charge is -2.38. The number of hydrogen-bond donors (Lipinski definition) is 0. The highest BCUT2D eigenvalue weighted by Gasteiger charge is 2.35. The summed E-state index contributed by atoms with van der Waals surface area (Å²) in [6.45, 7) is 3.86. The molecular formula is C20H17FN4O. The van der Waals surface area contributed by atoms with Crippen LogP contribution < -0.4 is 0 Å². The number of likely N-dealkylation sites (tertiary alicyclic amines) is 1. The van der Waals surface area contributed by atoms with Gasteiger partial charge >= 0.3 is 0 Å². The Balaban J connectivity index is 1.62. The number of pyridine rings is 1. The standard InChI is InChI=1S/C20H17FN4O/c1-14(21)20(26)24-12-16(13-24)25-19-17(8-5-11-22-19)18(23-25)10-9-15-6-3-2-4-7-15/h2-11,16H,1,12-13H2/b10-9+. The minimum Gasteiger partial charge on any atom is -0.332 e. The fourth-order valence-electron chi connectivity index (χ4n) is 3.06. The molecule has 0 unspecified atom stereocenters. The Morgan fingerprint density at radius 1 is 1.15 bits per heavy atom. The molecule has 0 spiro atoms. The Morgan fingerprint density at radius 2 is 1.92 bits per heavy atom. The maximum Gasteiger partial charge on any atom is 0.282 e. The molecule has 5 nitrogen and oxygen atoms in total. The number of aromatic nitrogens is 3. The summed E-state index contributed by atoms with van der Waals surface area (Å²) in [6.07, 6.45) is 5.68. The van der Waals surface area contributed by atoms with Crippen molar-refractivity contribution < 1.29 is 9.18 Å². The summed E-state index contributed by atoms with van der Waals surface area (Å²) in [5.41, 5.74) is 2.66. The Morgan fingerprint density at radius 3 is 2.65 bits per heavy atom. The van der Waals surface area contributed by atoms with Gasteiger partial charge in [0.25, 0.3) is 5.91 Å². The topological polar surface area (TPSA) is 51.0 Å². The summed E-state index contributed by atoms with van der Waals surface area (Å²) in [5, 5.41) is 5.62. The molecule has 0 aliphatic carbocycles. The van der Waals surface area contributed by atoms with Crippen LogP contribution in [0.1, 0.15) is 17.3 Å². The van der Waals surface area contributed by atoms with Gasteiger partial charge in [0.2, 0.25) is 0 Å². The van der Waals surface area contributed by atoms with E-state index in [9.17, 15) is 9.18 Å². The molecular weight excluding hydrogens is 331 g/mol. The first-order valence-electron chi connectivity index (χ1n) is 8.33. The highest BCUT2D eigenvalue weighted by Crippen LogP contribution is 2.28. The number of benzene rings is 1. The second-order valence-corrected chi connectivity index (χ2v) is 6.22. The molecule has 2 aromatic heterocycles. The van der Waals surface area contributed by atoms with Crippen molar-refractivity contribution in [1.29, 1.82) is 0 Å². The zero-order valence-electron chi connectivity index (χ0n) is 14.0. The summed E-state index contributed by atoms with van der Waals surface area (Å²) in [6, 6.07) is 13.8. The quantitative estimate of drug-likeness (QED) is 0.679. The number of carbonyl (C=O) groups excluding carboxylic acids is 1. The third-order valence-corrected chi connectivity index (χ3v) is 4.46. The second kappa shape index (κ2) is 6.55. The third kappa shape index (κ3) is 2.90. The maximum atomic E-state index is 13.0. The van der Waals surface area contributed by atoms with Crippen LogP contribution in [0.2, 0.25) is 0 Å². The first kappa shape index (κ1) is 16.2. The number of fused-ring (bicyclic) bond motifs is 1. The van der Waals surface area contributed by atoms with Gasteiger partial charge in [-0.1, -0.05) is 43.0 Å².